The molecule has 0 aliphatic rings. The molecule has 1 unspecified atom stereocenters. The summed E-state index contributed by atoms with van der Waals surface area (Å²) in [6.45, 7) is 15.3. The van der Waals surface area contributed by atoms with Crippen LogP contribution in [-0.4, -0.2) is 10.7 Å². The monoisotopic (exact) mass is 306 g/mol. The fourth-order valence-corrected chi connectivity index (χ4v) is 2.74. The van der Waals surface area contributed by atoms with Crippen LogP contribution in [0.15, 0.2) is 18.2 Å². The lowest BCUT2D eigenvalue weighted by molar-refractivity contribution is 0.514. The molecule has 0 amide bonds. The Balaban J connectivity index is 3.15. The number of anilines is 1. The Labute approximate surface area is 135 Å². The van der Waals surface area contributed by atoms with E-state index in [1.165, 1.54) is 16.8 Å². The van der Waals surface area contributed by atoms with Crippen molar-refractivity contribution in [1.82, 2.24) is 5.32 Å². The lowest BCUT2D eigenvalue weighted by Crippen LogP contribution is -2.43. The molecule has 0 aliphatic heterocycles. The standard InChI is InChI=1S/C18H30N2S/c1-8-13(4)15-11-9-10-14(12(2)3)16(15)19-17(21)20-18(5,6)7/h9-13H,8H2,1-7H3,(H2,19,20,21). The zero-order valence-electron chi connectivity index (χ0n) is 14.5. The summed E-state index contributed by atoms with van der Waals surface area (Å²) in [7, 11) is 0. The number of benzene rings is 1. The molecule has 2 N–H and O–H groups in total. The van der Waals surface area contributed by atoms with Crippen molar-refractivity contribution < 1.29 is 0 Å². The molecule has 21 heavy (non-hydrogen) atoms. The van der Waals surface area contributed by atoms with E-state index in [0.717, 1.165) is 6.42 Å². The van der Waals surface area contributed by atoms with Crippen LogP contribution in [0.3, 0.4) is 0 Å². The summed E-state index contributed by atoms with van der Waals surface area (Å²) in [5.41, 5.74) is 3.82. The zero-order chi connectivity index (χ0) is 16.2. The Morgan fingerprint density at radius 2 is 1.71 bits per heavy atom. The van der Waals surface area contributed by atoms with Crippen molar-refractivity contribution in [3.05, 3.63) is 29.3 Å². The predicted octanol–water partition coefficient (Wildman–Crippen LogP) is 5.41. The number of para-hydroxylation sites is 1. The van der Waals surface area contributed by atoms with Gasteiger partial charge >= 0.3 is 0 Å². The molecule has 0 saturated carbocycles. The van der Waals surface area contributed by atoms with Gasteiger partial charge in [0.05, 0.1) is 0 Å². The SMILES string of the molecule is CCC(C)c1cccc(C(C)C)c1NC(=S)NC(C)(C)C. The quantitative estimate of drug-likeness (QED) is 0.727. The van der Waals surface area contributed by atoms with Gasteiger partial charge in [-0.25, -0.2) is 0 Å². The van der Waals surface area contributed by atoms with Crippen LogP contribution in [0.25, 0.3) is 0 Å². The van der Waals surface area contributed by atoms with Crippen molar-refractivity contribution in [2.45, 2.75) is 72.3 Å². The fraction of sp³-hybridized carbons (Fsp3) is 0.611. The third-order valence-corrected chi connectivity index (χ3v) is 3.83. The summed E-state index contributed by atoms with van der Waals surface area (Å²) in [6.07, 6.45) is 1.12. The van der Waals surface area contributed by atoms with Gasteiger partial charge in [-0.05, 0) is 62.4 Å². The van der Waals surface area contributed by atoms with Gasteiger partial charge in [0.25, 0.3) is 0 Å². The summed E-state index contributed by atoms with van der Waals surface area (Å²) in [5, 5.41) is 7.49. The van der Waals surface area contributed by atoms with E-state index in [0.29, 0.717) is 16.9 Å². The van der Waals surface area contributed by atoms with Gasteiger partial charge in [-0.2, -0.15) is 0 Å². The predicted molar refractivity (Wildman–Crippen MR) is 98.3 cm³/mol. The van der Waals surface area contributed by atoms with E-state index in [1.54, 1.807) is 0 Å². The molecular formula is C18H30N2S. The first-order valence-corrected chi connectivity index (χ1v) is 8.28. The van der Waals surface area contributed by atoms with Crippen LogP contribution < -0.4 is 10.6 Å². The lowest BCUT2D eigenvalue weighted by atomic mass is 9.90. The molecule has 1 atom stereocenters. The van der Waals surface area contributed by atoms with Gasteiger partial charge in [-0.15, -0.1) is 0 Å². The maximum absolute atomic E-state index is 5.49. The highest BCUT2D eigenvalue weighted by Gasteiger charge is 2.17. The van der Waals surface area contributed by atoms with E-state index < -0.39 is 0 Å². The summed E-state index contributed by atoms with van der Waals surface area (Å²) >= 11 is 5.49. The maximum atomic E-state index is 5.49. The number of thiocarbonyl (C=S) groups is 1. The van der Waals surface area contributed by atoms with Crippen LogP contribution in [0, 0.1) is 0 Å². The number of hydrogen-bond donors (Lipinski definition) is 2. The van der Waals surface area contributed by atoms with Crippen molar-refractivity contribution in [3.8, 4) is 0 Å². The number of rotatable bonds is 4. The molecule has 2 nitrogen and oxygen atoms in total. The van der Waals surface area contributed by atoms with Crippen molar-refractivity contribution in [1.29, 1.82) is 0 Å². The van der Waals surface area contributed by atoms with Gasteiger partial charge in [0, 0.05) is 11.2 Å². The summed E-state index contributed by atoms with van der Waals surface area (Å²) in [6, 6.07) is 6.56. The highest BCUT2D eigenvalue weighted by atomic mass is 32.1. The molecular weight excluding hydrogens is 276 g/mol. The van der Waals surface area contributed by atoms with Crippen LogP contribution in [0.4, 0.5) is 5.69 Å². The molecule has 0 aromatic heterocycles. The third-order valence-electron chi connectivity index (χ3n) is 3.62. The molecule has 0 spiro atoms. The van der Waals surface area contributed by atoms with E-state index >= 15 is 0 Å². The van der Waals surface area contributed by atoms with Gasteiger partial charge in [0.2, 0.25) is 0 Å². The van der Waals surface area contributed by atoms with E-state index in [-0.39, 0.29) is 5.54 Å². The second-order valence-corrected chi connectivity index (χ2v) is 7.51. The van der Waals surface area contributed by atoms with Gasteiger partial charge in [-0.1, -0.05) is 45.9 Å². The largest absolute Gasteiger partial charge is 0.358 e. The molecule has 1 aromatic carbocycles. The van der Waals surface area contributed by atoms with Gasteiger partial charge in [0.15, 0.2) is 5.11 Å². The molecule has 118 valence electrons. The Morgan fingerprint density at radius 3 is 2.19 bits per heavy atom. The number of nitrogens with one attached hydrogen (secondary N) is 2. The Hall–Kier alpha value is -1.09. The average Bonchev–Trinajstić information content (AvgIpc) is 2.35. The normalized spacial score (nSPS) is 13.1. The highest BCUT2D eigenvalue weighted by molar-refractivity contribution is 7.80. The fourth-order valence-electron chi connectivity index (χ4n) is 2.33. The molecule has 1 rings (SSSR count). The minimum atomic E-state index is -0.0343. The summed E-state index contributed by atoms with van der Waals surface area (Å²) in [4.78, 5) is 0. The van der Waals surface area contributed by atoms with Crippen molar-refractivity contribution in [2.24, 2.45) is 0 Å². The molecule has 0 heterocycles. The van der Waals surface area contributed by atoms with E-state index in [1.807, 2.05) is 0 Å². The third kappa shape index (κ3) is 5.31. The van der Waals surface area contributed by atoms with Crippen LogP contribution >= 0.6 is 12.2 Å². The molecule has 0 fully saturated rings. The summed E-state index contributed by atoms with van der Waals surface area (Å²) in [5.74, 6) is 0.984. The molecule has 0 saturated heterocycles. The second-order valence-electron chi connectivity index (χ2n) is 7.10. The van der Waals surface area contributed by atoms with Crippen molar-refractivity contribution >= 4 is 23.0 Å². The Kier molecular flexibility index (Phi) is 6.21. The smallest absolute Gasteiger partial charge is 0.171 e. The van der Waals surface area contributed by atoms with Crippen molar-refractivity contribution in [2.75, 3.05) is 5.32 Å². The van der Waals surface area contributed by atoms with E-state index in [4.69, 9.17) is 12.2 Å². The van der Waals surface area contributed by atoms with Crippen LogP contribution in [0.5, 0.6) is 0 Å². The topological polar surface area (TPSA) is 24.1 Å². The zero-order valence-corrected chi connectivity index (χ0v) is 15.3. The minimum Gasteiger partial charge on any atom is -0.358 e. The van der Waals surface area contributed by atoms with Crippen molar-refractivity contribution in [3.63, 3.8) is 0 Å². The molecule has 1 aromatic rings. The Bertz CT molecular complexity index is 486. The first kappa shape index (κ1) is 18.0. The van der Waals surface area contributed by atoms with E-state index in [2.05, 4.69) is 77.3 Å². The molecule has 3 heteroatoms. The Morgan fingerprint density at radius 1 is 1.14 bits per heavy atom. The molecule has 0 aliphatic carbocycles. The first-order valence-electron chi connectivity index (χ1n) is 7.87. The van der Waals surface area contributed by atoms with Gasteiger partial charge in [-0.3, -0.25) is 0 Å². The highest BCUT2D eigenvalue weighted by Crippen LogP contribution is 2.33. The minimum absolute atomic E-state index is 0.0343. The van der Waals surface area contributed by atoms with E-state index in [9.17, 15) is 0 Å². The maximum Gasteiger partial charge on any atom is 0.171 e. The second kappa shape index (κ2) is 7.26. The van der Waals surface area contributed by atoms with Crippen LogP contribution in [0.1, 0.15) is 77.8 Å². The summed E-state index contributed by atoms with van der Waals surface area (Å²) < 4.78 is 0. The average molecular weight is 307 g/mol. The molecule has 0 bridgehead atoms. The van der Waals surface area contributed by atoms with Crippen LogP contribution in [-0.2, 0) is 0 Å². The van der Waals surface area contributed by atoms with Crippen LogP contribution in [0.2, 0.25) is 0 Å². The molecule has 0 radical (unpaired) electrons. The number of hydrogen-bond acceptors (Lipinski definition) is 1. The lowest BCUT2D eigenvalue weighted by Gasteiger charge is -2.26. The first-order chi connectivity index (χ1) is 9.65. The van der Waals surface area contributed by atoms with Gasteiger partial charge < -0.3 is 10.6 Å². The van der Waals surface area contributed by atoms with Gasteiger partial charge in [0.1, 0.15) is 0 Å².